The summed E-state index contributed by atoms with van der Waals surface area (Å²) in [7, 11) is 0. The van der Waals surface area contributed by atoms with Crippen LogP contribution >= 0.6 is 22.7 Å². The number of fused-ring (bicyclic) bond motifs is 1. The first-order chi connectivity index (χ1) is 10.3. The maximum absolute atomic E-state index is 12.6. The molecule has 1 saturated carbocycles. The molecule has 1 amide bonds. The van der Waals surface area contributed by atoms with E-state index in [1.54, 1.807) is 22.7 Å². The molecule has 4 rings (SSSR count). The highest BCUT2D eigenvalue weighted by atomic mass is 32.1. The Labute approximate surface area is 130 Å². The molecule has 1 aliphatic rings. The minimum absolute atomic E-state index is 0.189. The lowest BCUT2D eigenvalue weighted by Gasteiger charge is -2.21. The van der Waals surface area contributed by atoms with Crippen LogP contribution in [0, 0.1) is 0 Å². The molecular formula is C15H15N3OS2. The second-order valence-corrected chi connectivity index (χ2v) is 7.04. The van der Waals surface area contributed by atoms with Gasteiger partial charge in [-0.05, 0) is 35.2 Å². The van der Waals surface area contributed by atoms with Gasteiger partial charge < -0.3 is 4.90 Å². The van der Waals surface area contributed by atoms with Crippen LogP contribution in [0.3, 0.4) is 0 Å². The monoisotopic (exact) mass is 317 g/mol. The fourth-order valence-electron chi connectivity index (χ4n) is 2.50. The molecule has 108 valence electrons. The Morgan fingerprint density at radius 3 is 3.05 bits per heavy atom. The van der Waals surface area contributed by atoms with Crippen molar-refractivity contribution in [3.63, 3.8) is 0 Å². The minimum atomic E-state index is 0.189. The molecular weight excluding hydrogens is 302 g/mol. The summed E-state index contributed by atoms with van der Waals surface area (Å²) >= 11 is 3.28. The molecule has 0 aliphatic heterocycles. The fraction of sp³-hybridized carbons (Fsp3) is 0.333. The van der Waals surface area contributed by atoms with Gasteiger partial charge in [-0.2, -0.15) is 11.3 Å². The summed E-state index contributed by atoms with van der Waals surface area (Å²) in [4.78, 5) is 20.1. The fourth-order valence-corrected chi connectivity index (χ4v) is 3.88. The van der Waals surface area contributed by atoms with Gasteiger partial charge in [-0.25, -0.2) is 4.98 Å². The number of hydrogen-bond acceptors (Lipinski definition) is 4. The third-order valence-corrected chi connectivity index (χ3v) is 5.22. The van der Waals surface area contributed by atoms with Crippen molar-refractivity contribution in [2.75, 3.05) is 0 Å². The number of carbonyl (C=O) groups is 1. The zero-order chi connectivity index (χ0) is 14.2. The molecule has 0 radical (unpaired) electrons. The first-order valence-corrected chi connectivity index (χ1v) is 8.83. The van der Waals surface area contributed by atoms with E-state index in [-0.39, 0.29) is 5.91 Å². The molecule has 0 atom stereocenters. The molecule has 0 spiro atoms. The highest BCUT2D eigenvalue weighted by Crippen LogP contribution is 2.29. The van der Waals surface area contributed by atoms with E-state index in [2.05, 4.69) is 21.8 Å². The molecule has 0 aromatic carbocycles. The molecule has 3 heterocycles. The van der Waals surface area contributed by atoms with Crippen LogP contribution in [0.4, 0.5) is 0 Å². The second kappa shape index (κ2) is 5.27. The van der Waals surface area contributed by atoms with Crippen LogP contribution in [0.1, 0.15) is 24.1 Å². The molecule has 0 unspecified atom stereocenters. The zero-order valence-electron chi connectivity index (χ0n) is 11.4. The molecule has 4 nitrogen and oxygen atoms in total. The maximum atomic E-state index is 12.6. The summed E-state index contributed by atoms with van der Waals surface area (Å²) in [6.07, 6.45) is 6.60. The molecule has 3 aromatic rings. The largest absolute Gasteiger partial charge is 0.335 e. The van der Waals surface area contributed by atoms with Crippen LogP contribution < -0.4 is 0 Å². The van der Waals surface area contributed by atoms with Gasteiger partial charge in [-0.15, -0.1) is 11.3 Å². The predicted molar refractivity (Wildman–Crippen MR) is 84.7 cm³/mol. The van der Waals surface area contributed by atoms with Gasteiger partial charge in [0.05, 0.1) is 12.1 Å². The number of hydrogen-bond donors (Lipinski definition) is 0. The number of imidazole rings is 1. The molecule has 6 heteroatoms. The number of nitrogens with zero attached hydrogens (tertiary/aromatic N) is 3. The van der Waals surface area contributed by atoms with Crippen molar-refractivity contribution in [1.29, 1.82) is 0 Å². The molecule has 1 aliphatic carbocycles. The van der Waals surface area contributed by atoms with E-state index in [1.807, 2.05) is 27.1 Å². The Bertz CT molecular complexity index is 726. The summed E-state index contributed by atoms with van der Waals surface area (Å²) in [5.41, 5.74) is 2.09. The van der Waals surface area contributed by atoms with Gasteiger partial charge in [0.2, 0.25) is 5.91 Å². The van der Waals surface area contributed by atoms with Gasteiger partial charge in [0.25, 0.3) is 0 Å². The Morgan fingerprint density at radius 2 is 2.33 bits per heavy atom. The number of thiazole rings is 1. The van der Waals surface area contributed by atoms with Gasteiger partial charge in [-0.1, -0.05) is 0 Å². The molecule has 0 saturated heterocycles. The molecule has 0 bridgehead atoms. The van der Waals surface area contributed by atoms with Gasteiger partial charge >= 0.3 is 0 Å². The molecule has 0 N–H and O–H groups in total. The summed E-state index contributed by atoms with van der Waals surface area (Å²) in [5.74, 6) is 0.189. The van der Waals surface area contributed by atoms with Crippen LogP contribution in [0.25, 0.3) is 4.96 Å². The highest BCUT2D eigenvalue weighted by molar-refractivity contribution is 7.15. The Balaban J connectivity index is 1.49. The normalized spacial score (nSPS) is 14.7. The van der Waals surface area contributed by atoms with E-state index in [0.717, 1.165) is 30.0 Å². The van der Waals surface area contributed by atoms with Crippen molar-refractivity contribution >= 4 is 33.5 Å². The van der Waals surface area contributed by atoms with Crippen molar-refractivity contribution in [2.45, 2.75) is 31.8 Å². The van der Waals surface area contributed by atoms with E-state index in [4.69, 9.17) is 0 Å². The van der Waals surface area contributed by atoms with E-state index in [9.17, 15) is 4.79 Å². The van der Waals surface area contributed by atoms with Crippen LogP contribution in [0.5, 0.6) is 0 Å². The van der Waals surface area contributed by atoms with E-state index in [0.29, 0.717) is 12.5 Å². The second-order valence-electron chi connectivity index (χ2n) is 5.39. The zero-order valence-corrected chi connectivity index (χ0v) is 13.1. The average molecular weight is 317 g/mol. The van der Waals surface area contributed by atoms with Crippen molar-refractivity contribution in [2.24, 2.45) is 0 Å². The van der Waals surface area contributed by atoms with E-state index < -0.39 is 0 Å². The van der Waals surface area contributed by atoms with E-state index in [1.165, 1.54) is 5.56 Å². The first kappa shape index (κ1) is 13.0. The molecule has 1 fully saturated rings. The predicted octanol–water partition coefficient (Wildman–Crippen LogP) is 3.19. The van der Waals surface area contributed by atoms with Crippen molar-refractivity contribution in [1.82, 2.24) is 14.3 Å². The summed E-state index contributed by atoms with van der Waals surface area (Å²) in [6.45, 7) is 0.731. The quantitative estimate of drug-likeness (QED) is 0.725. The number of aromatic nitrogens is 2. The summed E-state index contributed by atoms with van der Waals surface area (Å²) in [5, 5.41) is 6.19. The Morgan fingerprint density at radius 1 is 1.43 bits per heavy atom. The van der Waals surface area contributed by atoms with Gasteiger partial charge in [-0.3, -0.25) is 9.20 Å². The Kier molecular flexibility index (Phi) is 3.27. The lowest BCUT2D eigenvalue weighted by molar-refractivity contribution is -0.131. The average Bonchev–Trinajstić information content (AvgIpc) is 2.87. The molecule has 3 aromatic heterocycles. The summed E-state index contributed by atoms with van der Waals surface area (Å²) in [6, 6.07) is 2.53. The summed E-state index contributed by atoms with van der Waals surface area (Å²) < 4.78 is 1.98. The standard InChI is InChI=1S/C15H15N3OS2/c19-14(7-12-9-17-4-6-21-15(17)16-12)18(13-1-2-13)8-11-3-5-20-10-11/h3-6,9-10,13H,1-2,7-8H2. The van der Waals surface area contributed by atoms with Crippen molar-refractivity contribution < 1.29 is 4.79 Å². The van der Waals surface area contributed by atoms with Gasteiger partial charge in [0, 0.05) is 30.4 Å². The van der Waals surface area contributed by atoms with Crippen LogP contribution in [0.2, 0.25) is 0 Å². The first-order valence-electron chi connectivity index (χ1n) is 7.01. The van der Waals surface area contributed by atoms with Crippen molar-refractivity contribution in [3.05, 3.63) is 45.9 Å². The molecule has 21 heavy (non-hydrogen) atoms. The number of rotatable bonds is 5. The lowest BCUT2D eigenvalue weighted by Crippen LogP contribution is -2.33. The van der Waals surface area contributed by atoms with E-state index >= 15 is 0 Å². The topological polar surface area (TPSA) is 37.6 Å². The minimum Gasteiger partial charge on any atom is -0.335 e. The van der Waals surface area contributed by atoms with Crippen LogP contribution in [0.15, 0.2) is 34.6 Å². The number of carbonyl (C=O) groups excluding carboxylic acids is 1. The van der Waals surface area contributed by atoms with Crippen molar-refractivity contribution in [3.8, 4) is 0 Å². The number of thiophene rings is 1. The highest BCUT2D eigenvalue weighted by Gasteiger charge is 2.32. The third kappa shape index (κ3) is 2.73. The van der Waals surface area contributed by atoms with Crippen LogP contribution in [-0.4, -0.2) is 26.2 Å². The smallest absolute Gasteiger partial charge is 0.229 e. The van der Waals surface area contributed by atoms with Gasteiger partial charge in [0.15, 0.2) is 4.96 Å². The maximum Gasteiger partial charge on any atom is 0.229 e. The number of amides is 1. The third-order valence-electron chi connectivity index (χ3n) is 3.72. The Hall–Kier alpha value is -1.66. The van der Waals surface area contributed by atoms with Crippen LogP contribution in [-0.2, 0) is 17.8 Å². The van der Waals surface area contributed by atoms with Gasteiger partial charge in [0.1, 0.15) is 0 Å². The SMILES string of the molecule is O=C(Cc1cn2ccsc2n1)N(Cc1ccsc1)C1CC1. The lowest BCUT2D eigenvalue weighted by atomic mass is 10.2.